The average Bonchev–Trinajstić information content (AvgIpc) is 3.31. The molecule has 4 aromatic rings. The lowest BCUT2D eigenvalue weighted by Gasteiger charge is -2.11. The normalized spacial score (nSPS) is 10.9. The Morgan fingerprint density at radius 1 is 1.03 bits per heavy atom. The summed E-state index contributed by atoms with van der Waals surface area (Å²) in [6, 6.07) is 15.1. The van der Waals surface area contributed by atoms with Crippen LogP contribution in [0, 0.1) is 11.6 Å². The fourth-order valence-electron chi connectivity index (χ4n) is 3.61. The van der Waals surface area contributed by atoms with E-state index in [1.54, 1.807) is 24.3 Å². The zero-order valence-corrected chi connectivity index (χ0v) is 20.2. The van der Waals surface area contributed by atoms with Crippen molar-refractivity contribution in [1.82, 2.24) is 14.8 Å². The average molecular weight is 526 g/mol. The van der Waals surface area contributed by atoms with Gasteiger partial charge in [0.25, 0.3) is 5.91 Å². The number of aliphatic hydroxyl groups is 1. The molecule has 2 aromatic carbocycles. The van der Waals surface area contributed by atoms with Crippen molar-refractivity contribution >= 4 is 34.9 Å². The molecule has 0 unspecified atom stereocenters. The Bertz CT molecular complexity index is 1460. The predicted molar refractivity (Wildman–Crippen MR) is 136 cm³/mol. The number of Topliss-reactive ketones (excluding diaryl/α,β-unsaturated/α-hetero) is 1. The summed E-state index contributed by atoms with van der Waals surface area (Å²) in [7, 11) is 0. The predicted octanol–water partition coefficient (Wildman–Crippen LogP) is 5.05. The van der Waals surface area contributed by atoms with Crippen molar-refractivity contribution in [2.75, 3.05) is 17.7 Å². The van der Waals surface area contributed by atoms with Crippen molar-refractivity contribution in [3.63, 3.8) is 0 Å². The van der Waals surface area contributed by atoms with Gasteiger partial charge >= 0.3 is 0 Å². The van der Waals surface area contributed by atoms with Gasteiger partial charge in [0.1, 0.15) is 17.2 Å². The molecule has 0 aliphatic rings. The van der Waals surface area contributed by atoms with Crippen molar-refractivity contribution in [2.24, 2.45) is 0 Å². The molecule has 1 amide bonds. The molecule has 2 aromatic heterocycles. The van der Waals surface area contributed by atoms with E-state index in [2.05, 4.69) is 15.4 Å². The molecule has 0 radical (unpaired) electrons. The molecular weight excluding hydrogens is 504 g/mol. The number of amides is 1. The van der Waals surface area contributed by atoms with Crippen LogP contribution in [0.15, 0.2) is 60.7 Å². The van der Waals surface area contributed by atoms with Crippen LogP contribution in [0.1, 0.15) is 40.1 Å². The number of hydrogen-bond donors (Lipinski definition) is 3. The molecule has 0 aliphatic heterocycles. The second-order valence-electron chi connectivity index (χ2n) is 8.10. The molecule has 190 valence electrons. The molecule has 0 saturated heterocycles. The summed E-state index contributed by atoms with van der Waals surface area (Å²) < 4.78 is 29.3. The Balaban J connectivity index is 1.68. The summed E-state index contributed by atoms with van der Waals surface area (Å²) in [6.45, 7) is -0.0171. The minimum Gasteiger partial charge on any atom is -0.396 e. The first kappa shape index (κ1) is 25.9. The number of para-hydroxylation sites is 1. The van der Waals surface area contributed by atoms with E-state index in [0.717, 1.165) is 0 Å². The maximum atomic E-state index is 14.4. The monoisotopic (exact) mass is 525 g/mol. The molecule has 8 nitrogen and oxygen atoms in total. The van der Waals surface area contributed by atoms with Crippen LogP contribution in [0.2, 0.25) is 5.02 Å². The van der Waals surface area contributed by atoms with Crippen molar-refractivity contribution in [1.29, 1.82) is 0 Å². The van der Waals surface area contributed by atoms with Crippen molar-refractivity contribution in [3.8, 4) is 16.9 Å². The van der Waals surface area contributed by atoms with Gasteiger partial charge < -0.3 is 16.2 Å². The first-order valence-electron chi connectivity index (χ1n) is 11.3. The summed E-state index contributed by atoms with van der Waals surface area (Å²) in [5, 5.41) is 16.1. The van der Waals surface area contributed by atoms with E-state index < -0.39 is 23.4 Å². The Labute approximate surface area is 215 Å². The van der Waals surface area contributed by atoms with E-state index in [1.807, 2.05) is 6.07 Å². The van der Waals surface area contributed by atoms with E-state index in [9.17, 15) is 18.4 Å². The van der Waals surface area contributed by atoms with Crippen molar-refractivity contribution < 1.29 is 23.5 Å². The zero-order chi connectivity index (χ0) is 26.5. The fraction of sp³-hybridized carbons (Fsp3) is 0.154. The summed E-state index contributed by atoms with van der Waals surface area (Å²) in [5.41, 5.74) is 6.13. The fourth-order valence-corrected chi connectivity index (χ4v) is 3.81. The first-order chi connectivity index (χ1) is 17.8. The number of benzene rings is 2. The molecule has 4 rings (SSSR count). The summed E-state index contributed by atoms with van der Waals surface area (Å²) >= 11 is 6.27. The number of pyridine rings is 1. The summed E-state index contributed by atoms with van der Waals surface area (Å²) in [4.78, 5) is 29.6. The van der Waals surface area contributed by atoms with E-state index in [1.165, 1.54) is 28.9 Å². The molecule has 0 fully saturated rings. The number of hydrogen-bond acceptors (Lipinski definition) is 6. The van der Waals surface area contributed by atoms with Gasteiger partial charge in [-0.3, -0.25) is 9.59 Å². The van der Waals surface area contributed by atoms with Crippen LogP contribution in [0.5, 0.6) is 0 Å². The van der Waals surface area contributed by atoms with Crippen LogP contribution in [0.4, 0.5) is 20.4 Å². The number of carbonyl (C=O) groups excluding carboxylic acids is 2. The van der Waals surface area contributed by atoms with E-state index in [4.69, 9.17) is 22.4 Å². The number of unbranched alkanes of at least 4 members (excludes halogenated alkanes) is 1. The van der Waals surface area contributed by atoms with Crippen LogP contribution < -0.4 is 11.1 Å². The highest BCUT2D eigenvalue weighted by atomic mass is 35.5. The second-order valence-corrected chi connectivity index (χ2v) is 8.51. The molecule has 0 saturated carbocycles. The van der Waals surface area contributed by atoms with Gasteiger partial charge in [0.2, 0.25) is 0 Å². The minimum atomic E-state index is -0.996. The van der Waals surface area contributed by atoms with E-state index in [-0.39, 0.29) is 52.2 Å². The first-order valence-corrected chi connectivity index (χ1v) is 11.7. The minimum absolute atomic E-state index is 0.0140. The second kappa shape index (κ2) is 11.3. The smallest absolute Gasteiger partial charge is 0.258 e. The van der Waals surface area contributed by atoms with Gasteiger partial charge in [-0.25, -0.2) is 18.4 Å². The number of aromatic nitrogens is 3. The van der Waals surface area contributed by atoms with Crippen LogP contribution in [0.3, 0.4) is 0 Å². The molecule has 0 bridgehead atoms. The largest absolute Gasteiger partial charge is 0.396 e. The molecule has 37 heavy (non-hydrogen) atoms. The molecule has 0 aliphatic carbocycles. The Hall–Kier alpha value is -4.15. The van der Waals surface area contributed by atoms with Gasteiger partial charge in [-0.1, -0.05) is 35.9 Å². The van der Waals surface area contributed by atoms with Gasteiger partial charge in [0.15, 0.2) is 23.2 Å². The van der Waals surface area contributed by atoms with Gasteiger partial charge in [-0.05, 0) is 37.1 Å². The number of aliphatic hydroxyl groups excluding tert-OH is 1. The Morgan fingerprint density at radius 3 is 2.51 bits per heavy atom. The van der Waals surface area contributed by atoms with E-state index >= 15 is 0 Å². The number of ketones is 1. The van der Waals surface area contributed by atoms with Gasteiger partial charge in [0.05, 0.1) is 16.3 Å². The van der Waals surface area contributed by atoms with Crippen LogP contribution >= 0.6 is 11.6 Å². The number of rotatable bonds is 9. The highest BCUT2D eigenvalue weighted by Crippen LogP contribution is 2.29. The molecule has 4 N–H and O–H groups in total. The molecule has 0 atom stereocenters. The number of halogens is 3. The number of carbonyl (C=O) groups is 2. The third-order valence-corrected chi connectivity index (χ3v) is 5.82. The standard InChI is InChI=1S/C26H22ClF2N5O3/c27-18-10-9-15(24-19(28)13-20(29)25(30)32-24)12-17(18)26(37)31-23-14-21(22(36)8-4-5-11-35)33-34(23)16-6-2-1-3-7-16/h1-3,6-7,9-10,12-14,35H,4-5,8,11H2,(H2,30,32)(H,31,37). The quantitative estimate of drug-likeness (QED) is 0.208. The number of nitrogen functional groups attached to an aromatic ring is 1. The van der Waals surface area contributed by atoms with Crippen LogP contribution in [0.25, 0.3) is 16.9 Å². The highest BCUT2D eigenvalue weighted by molar-refractivity contribution is 6.34. The number of nitrogens with two attached hydrogens (primary N) is 1. The molecule has 11 heteroatoms. The molecule has 0 spiro atoms. The maximum absolute atomic E-state index is 14.4. The zero-order valence-electron chi connectivity index (χ0n) is 19.4. The lowest BCUT2D eigenvalue weighted by Crippen LogP contribution is -2.16. The highest BCUT2D eigenvalue weighted by Gasteiger charge is 2.20. The number of nitrogens with one attached hydrogen (secondary N) is 1. The number of nitrogens with zero attached hydrogens (tertiary/aromatic N) is 3. The summed E-state index contributed by atoms with van der Waals surface area (Å²) in [5.74, 6) is -3.12. The van der Waals surface area contributed by atoms with Crippen molar-refractivity contribution in [3.05, 3.63) is 88.6 Å². The summed E-state index contributed by atoms with van der Waals surface area (Å²) in [6.07, 6.45) is 1.17. The molecular formula is C26H22ClF2N5O3. The Kier molecular flexibility index (Phi) is 7.90. The maximum Gasteiger partial charge on any atom is 0.258 e. The topological polar surface area (TPSA) is 123 Å². The lowest BCUT2D eigenvalue weighted by molar-refractivity contribution is 0.0970. The van der Waals surface area contributed by atoms with E-state index in [0.29, 0.717) is 24.6 Å². The van der Waals surface area contributed by atoms with Crippen molar-refractivity contribution in [2.45, 2.75) is 19.3 Å². The SMILES string of the molecule is Nc1nc(-c2ccc(Cl)c(C(=O)Nc3cc(C(=O)CCCCO)nn3-c3ccccc3)c2)c(F)cc1F. The van der Waals surface area contributed by atoms with Gasteiger partial charge in [0, 0.05) is 30.7 Å². The molecule has 2 heterocycles. The number of anilines is 2. The lowest BCUT2D eigenvalue weighted by atomic mass is 10.1. The third kappa shape index (κ3) is 5.82. The Morgan fingerprint density at radius 2 is 1.78 bits per heavy atom. The van der Waals surface area contributed by atoms with Crippen LogP contribution in [-0.4, -0.2) is 38.2 Å². The third-order valence-electron chi connectivity index (χ3n) is 5.49. The van der Waals surface area contributed by atoms with Gasteiger partial charge in [-0.15, -0.1) is 0 Å². The van der Waals surface area contributed by atoms with Gasteiger partial charge in [-0.2, -0.15) is 5.10 Å². The van der Waals surface area contributed by atoms with Crippen LogP contribution in [-0.2, 0) is 0 Å².